The first-order valence-corrected chi connectivity index (χ1v) is 9.34. The summed E-state index contributed by atoms with van der Waals surface area (Å²) in [5, 5.41) is 17.3. The highest BCUT2D eigenvalue weighted by Crippen LogP contribution is 2.22. The summed E-state index contributed by atoms with van der Waals surface area (Å²) in [6.45, 7) is 1.83. The molecule has 2 aromatic rings. The zero-order valence-electron chi connectivity index (χ0n) is 15.9. The van der Waals surface area contributed by atoms with Crippen LogP contribution in [-0.2, 0) is 14.3 Å². The third-order valence-electron chi connectivity index (χ3n) is 4.65. The molecule has 152 valence electrons. The normalized spacial score (nSPS) is 19.2. The van der Waals surface area contributed by atoms with Gasteiger partial charge in [0.15, 0.2) is 6.10 Å². The van der Waals surface area contributed by atoms with Gasteiger partial charge in [-0.2, -0.15) is 0 Å². The van der Waals surface area contributed by atoms with Crippen molar-refractivity contribution >= 4 is 29.3 Å². The smallest absolute Gasteiger partial charge is 0.332 e. The second-order valence-electron chi connectivity index (χ2n) is 6.83. The maximum absolute atomic E-state index is 12.3. The lowest BCUT2D eigenvalue weighted by atomic mass is 10.1. The molecule has 29 heavy (non-hydrogen) atoms. The third-order valence-corrected chi connectivity index (χ3v) is 4.65. The Bertz CT molecular complexity index is 870. The minimum atomic E-state index is -1.05. The Morgan fingerprint density at radius 1 is 0.931 bits per heavy atom. The van der Waals surface area contributed by atoms with Crippen molar-refractivity contribution < 1.29 is 24.2 Å². The lowest BCUT2D eigenvalue weighted by Gasteiger charge is -2.18. The summed E-state index contributed by atoms with van der Waals surface area (Å²) >= 11 is 0. The van der Waals surface area contributed by atoms with Gasteiger partial charge in [0.2, 0.25) is 5.91 Å². The average Bonchev–Trinajstić information content (AvgIpc) is 3.20. The lowest BCUT2D eigenvalue weighted by Crippen LogP contribution is -2.37. The first kappa shape index (κ1) is 20.3. The number of urea groups is 1. The highest BCUT2D eigenvalue weighted by molar-refractivity contribution is 5.99. The SMILES string of the molecule is CC(NC(=O)[C@@H]1CC[C@H](C(=O)O)O1)c1ccc(NC(=O)Nc2ccccc2)cc1. The molecular weight excluding hydrogens is 374 g/mol. The number of anilines is 2. The molecule has 1 saturated heterocycles. The van der Waals surface area contributed by atoms with Gasteiger partial charge in [0.05, 0.1) is 6.04 Å². The van der Waals surface area contributed by atoms with Gasteiger partial charge in [-0.3, -0.25) is 4.79 Å². The molecule has 0 saturated carbocycles. The van der Waals surface area contributed by atoms with Crippen molar-refractivity contribution in [1.82, 2.24) is 5.32 Å². The van der Waals surface area contributed by atoms with Gasteiger partial charge in [-0.1, -0.05) is 30.3 Å². The summed E-state index contributed by atoms with van der Waals surface area (Å²) < 4.78 is 5.27. The predicted molar refractivity (Wildman–Crippen MR) is 108 cm³/mol. The zero-order valence-corrected chi connectivity index (χ0v) is 15.9. The van der Waals surface area contributed by atoms with Crippen LogP contribution in [0.4, 0.5) is 16.2 Å². The van der Waals surface area contributed by atoms with Crippen LogP contribution < -0.4 is 16.0 Å². The highest BCUT2D eigenvalue weighted by Gasteiger charge is 2.35. The number of hydrogen-bond donors (Lipinski definition) is 4. The standard InChI is InChI=1S/C21H23N3O5/c1-13(22-19(25)17-11-12-18(29-17)20(26)27)14-7-9-16(10-8-14)24-21(28)23-15-5-3-2-4-6-15/h2-10,13,17-18H,11-12H2,1H3,(H,22,25)(H,26,27)(H2,23,24,28)/t13?,17-,18+/m0/s1. The van der Waals surface area contributed by atoms with Crippen molar-refractivity contribution in [3.8, 4) is 0 Å². The molecule has 1 heterocycles. The van der Waals surface area contributed by atoms with Crippen LogP contribution in [-0.4, -0.2) is 35.2 Å². The number of rotatable bonds is 6. The molecule has 1 fully saturated rings. The number of carboxylic acids is 1. The van der Waals surface area contributed by atoms with E-state index in [9.17, 15) is 14.4 Å². The summed E-state index contributed by atoms with van der Waals surface area (Å²) in [6.07, 6.45) is -0.961. The number of benzene rings is 2. The van der Waals surface area contributed by atoms with E-state index in [1.54, 1.807) is 36.4 Å². The van der Waals surface area contributed by atoms with E-state index >= 15 is 0 Å². The molecule has 2 aromatic carbocycles. The number of aliphatic carboxylic acids is 1. The van der Waals surface area contributed by atoms with Crippen LogP contribution in [0.3, 0.4) is 0 Å². The maximum atomic E-state index is 12.3. The summed E-state index contributed by atoms with van der Waals surface area (Å²) in [4.78, 5) is 35.3. The number of carbonyl (C=O) groups excluding carboxylic acids is 2. The molecule has 3 amide bonds. The Morgan fingerprint density at radius 3 is 2.10 bits per heavy atom. The van der Waals surface area contributed by atoms with Gasteiger partial charge >= 0.3 is 12.0 Å². The van der Waals surface area contributed by atoms with Crippen molar-refractivity contribution in [3.05, 3.63) is 60.2 Å². The van der Waals surface area contributed by atoms with Crippen molar-refractivity contribution in [2.24, 2.45) is 0 Å². The zero-order chi connectivity index (χ0) is 20.8. The number of carboxylic acid groups (broad SMARTS) is 1. The fourth-order valence-electron chi connectivity index (χ4n) is 3.07. The summed E-state index contributed by atoms with van der Waals surface area (Å²) in [7, 11) is 0. The van der Waals surface area contributed by atoms with Crippen molar-refractivity contribution in [2.75, 3.05) is 10.6 Å². The van der Waals surface area contributed by atoms with Crippen LogP contribution in [0.25, 0.3) is 0 Å². The highest BCUT2D eigenvalue weighted by atomic mass is 16.5. The van der Waals surface area contributed by atoms with Gasteiger partial charge < -0.3 is 25.8 Å². The van der Waals surface area contributed by atoms with Crippen LogP contribution in [0.1, 0.15) is 31.4 Å². The van der Waals surface area contributed by atoms with Gasteiger partial charge in [0.25, 0.3) is 0 Å². The maximum Gasteiger partial charge on any atom is 0.332 e. The molecule has 3 rings (SSSR count). The molecule has 1 aliphatic heterocycles. The monoisotopic (exact) mass is 397 g/mol. The van der Waals surface area contributed by atoms with Crippen molar-refractivity contribution in [3.63, 3.8) is 0 Å². The van der Waals surface area contributed by atoms with E-state index < -0.39 is 18.2 Å². The lowest BCUT2D eigenvalue weighted by molar-refractivity contribution is -0.151. The summed E-state index contributed by atoms with van der Waals surface area (Å²) in [6, 6.07) is 15.6. The number of ether oxygens (including phenoxy) is 1. The van der Waals surface area contributed by atoms with Crippen LogP contribution in [0.15, 0.2) is 54.6 Å². The van der Waals surface area contributed by atoms with E-state index in [1.165, 1.54) is 0 Å². The first-order chi connectivity index (χ1) is 13.9. The predicted octanol–water partition coefficient (Wildman–Crippen LogP) is 3.14. The van der Waals surface area contributed by atoms with Crippen molar-refractivity contribution in [1.29, 1.82) is 0 Å². The van der Waals surface area contributed by atoms with Crippen LogP contribution in [0, 0.1) is 0 Å². The van der Waals surface area contributed by atoms with Gasteiger partial charge in [-0.15, -0.1) is 0 Å². The number of para-hydroxylation sites is 1. The fourth-order valence-corrected chi connectivity index (χ4v) is 3.07. The van der Waals surface area contributed by atoms with Crippen LogP contribution in [0.2, 0.25) is 0 Å². The largest absolute Gasteiger partial charge is 0.479 e. The van der Waals surface area contributed by atoms with Gasteiger partial charge in [0, 0.05) is 11.4 Å². The van der Waals surface area contributed by atoms with E-state index in [1.807, 2.05) is 25.1 Å². The molecular formula is C21H23N3O5. The van der Waals surface area contributed by atoms with E-state index in [-0.39, 0.29) is 18.0 Å². The average molecular weight is 397 g/mol. The fraction of sp³-hybridized carbons (Fsp3) is 0.286. The Morgan fingerprint density at radius 2 is 1.52 bits per heavy atom. The molecule has 1 aliphatic rings. The molecule has 3 atom stereocenters. The first-order valence-electron chi connectivity index (χ1n) is 9.34. The molecule has 8 heteroatoms. The molecule has 0 spiro atoms. The molecule has 0 aromatic heterocycles. The molecule has 0 radical (unpaired) electrons. The van der Waals surface area contributed by atoms with E-state index in [0.717, 1.165) is 5.56 Å². The Hall–Kier alpha value is -3.39. The second-order valence-corrected chi connectivity index (χ2v) is 6.83. The Labute approximate surface area is 168 Å². The van der Waals surface area contributed by atoms with Gasteiger partial charge in [-0.05, 0) is 49.6 Å². The quantitative estimate of drug-likeness (QED) is 0.597. The van der Waals surface area contributed by atoms with E-state index in [2.05, 4.69) is 16.0 Å². The number of carbonyl (C=O) groups is 3. The molecule has 0 bridgehead atoms. The Kier molecular flexibility index (Phi) is 6.46. The van der Waals surface area contributed by atoms with Gasteiger partial charge in [-0.25, -0.2) is 9.59 Å². The van der Waals surface area contributed by atoms with Crippen molar-refractivity contribution in [2.45, 2.75) is 38.0 Å². The summed E-state index contributed by atoms with van der Waals surface area (Å²) in [5.41, 5.74) is 2.15. The van der Waals surface area contributed by atoms with Crippen LogP contribution in [0.5, 0.6) is 0 Å². The third kappa shape index (κ3) is 5.55. The van der Waals surface area contributed by atoms with E-state index in [0.29, 0.717) is 24.2 Å². The minimum Gasteiger partial charge on any atom is -0.479 e. The minimum absolute atomic E-state index is 0.290. The molecule has 8 nitrogen and oxygen atoms in total. The molecule has 0 aliphatic carbocycles. The molecule has 4 N–H and O–H groups in total. The summed E-state index contributed by atoms with van der Waals surface area (Å²) in [5.74, 6) is -1.38. The number of hydrogen-bond acceptors (Lipinski definition) is 4. The van der Waals surface area contributed by atoms with Crippen LogP contribution >= 0.6 is 0 Å². The Balaban J connectivity index is 1.51. The topological polar surface area (TPSA) is 117 Å². The number of amides is 3. The second kappa shape index (κ2) is 9.20. The number of nitrogens with one attached hydrogen (secondary N) is 3. The van der Waals surface area contributed by atoms with Gasteiger partial charge in [0.1, 0.15) is 6.10 Å². The van der Waals surface area contributed by atoms with E-state index in [4.69, 9.17) is 9.84 Å². The molecule has 1 unspecified atom stereocenters.